The maximum absolute atomic E-state index is 12.4. The SMILES string of the molecule is Cc1cc2nc(C)c(CCC(=O)Nc3ccc(N4CCNC4=O)cc3)c(C)n2n1. The van der Waals surface area contributed by atoms with Gasteiger partial charge in [-0.15, -0.1) is 0 Å². The fraction of sp³-hybridized carbons (Fsp3) is 0.333. The lowest BCUT2D eigenvalue weighted by Gasteiger charge is -2.15. The third-order valence-corrected chi connectivity index (χ3v) is 5.21. The van der Waals surface area contributed by atoms with Crippen LogP contribution in [0.1, 0.15) is 29.1 Å². The molecule has 8 nitrogen and oxygen atoms in total. The molecule has 0 atom stereocenters. The molecule has 1 aliphatic heterocycles. The van der Waals surface area contributed by atoms with E-state index in [1.807, 2.05) is 55.6 Å². The largest absolute Gasteiger partial charge is 0.336 e. The Bertz CT molecular complexity index is 1090. The number of hydrogen-bond acceptors (Lipinski definition) is 4. The van der Waals surface area contributed by atoms with Gasteiger partial charge in [-0.25, -0.2) is 14.3 Å². The first-order valence-electron chi connectivity index (χ1n) is 9.70. The standard InChI is InChI=1S/C21H24N6O2/c1-13-12-19-23-14(2)18(15(3)27(19)25-13)8-9-20(28)24-16-4-6-17(7-5-16)26-11-10-22-21(26)29/h4-7,12H,8-11H2,1-3H3,(H,22,29)(H,24,28). The number of aryl methyl sites for hydroxylation is 3. The Morgan fingerprint density at radius 3 is 2.66 bits per heavy atom. The normalized spacial score (nSPS) is 13.8. The second-order valence-corrected chi connectivity index (χ2v) is 7.30. The highest BCUT2D eigenvalue weighted by Crippen LogP contribution is 2.20. The molecule has 0 unspecified atom stereocenters. The van der Waals surface area contributed by atoms with Crippen LogP contribution in [-0.2, 0) is 11.2 Å². The van der Waals surface area contributed by atoms with Gasteiger partial charge >= 0.3 is 6.03 Å². The van der Waals surface area contributed by atoms with Crippen molar-refractivity contribution in [1.29, 1.82) is 0 Å². The van der Waals surface area contributed by atoms with Gasteiger partial charge in [0.05, 0.1) is 5.69 Å². The number of urea groups is 1. The lowest BCUT2D eigenvalue weighted by molar-refractivity contribution is -0.116. The molecule has 0 bridgehead atoms. The molecule has 4 rings (SSSR count). The summed E-state index contributed by atoms with van der Waals surface area (Å²) in [4.78, 5) is 30.5. The zero-order valence-electron chi connectivity index (χ0n) is 16.8. The minimum Gasteiger partial charge on any atom is -0.336 e. The number of nitrogens with zero attached hydrogens (tertiary/aromatic N) is 4. The van der Waals surface area contributed by atoms with E-state index in [-0.39, 0.29) is 11.9 Å². The van der Waals surface area contributed by atoms with Crippen molar-refractivity contribution in [3.63, 3.8) is 0 Å². The summed E-state index contributed by atoms with van der Waals surface area (Å²) < 4.78 is 1.84. The minimum absolute atomic E-state index is 0.0628. The van der Waals surface area contributed by atoms with E-state index in [2.05, 4.69) is 20.7 Å². The summed E-state index contributed by atoms with van der Waals surface area (Å²) in [6, 6.07) is 9.17. The second kappa shape index (κ2) is 7.54. The molecule has 3 aromatic rings. The number of amides is 3. The van der Waals surface area contributed by atoms with Gasteiger partial charge in [0.2, 0.25) is 5.91 Å². The molecule has 1 aromatic carbocycles. The maximum atomic E-state index is 12.4. The van der Waals surface area contributed by atoms with Crippen molar-refractivity contribution in [3.8, 4) is 0 Å². The highest BCUT2D eigenvalue weighted by molar-refractivity contribution is 5.95. The summed E-state index contributed by atoms with van der Waals surface area (Å²) in [6.45, 7) is 7.22. The number of fused-ring (bicyclic) bond motifs is 1. The predicted octanol–water partition coefficient (Wildman–Crippen LogP) is 2.76. The second-order valence-electron chi connectivity index (χ2n) is 7.30. The number of hydrogen-bond donors (Lipinski definition) is 2. The number of carbonyl (C=O) groups is 2. The molecule has 1 saturated heterocycles. The van der Waals surface area contributed by atoms with Crippen LogP contribution in [0.25, 0.3) is 5.65 Å². The van der Waals surface area contributed by atoms with E-state index in [1.54, 1.807) is 4.90 Å². The first kappa shape index (κ1) is 18.9. The van der Waals surface area contributed by atoms with E-state index in [0.29, 0.717) is 31.6 Å². The van der Waals surface area contributed by atoms with Crippen LogP contribution in [0, 0.1) is 20.8 Å². The maximum Gasteiger partial charge on any atom is 0.321 e. The third kappa shape index (κ3) is 3.78. The van der Waals surface area contributed by atoms with Gasteiger partial charge in [0.15, 0.2) is 5.65 Å². The van der Waals surface area contributed by atoms with Gasteiger partial charge < -0.3 is 10.6 Å². The number of carbonyl (C=O) groups excluding carboxylic acids is 2. The van der Waals surface area contributed by atoms with Crippen LogP contribution in [0.2, 0.25) is 0 Å². The van der Waals surface area contributed by atoms with Crippen molar-refractivity contribution >= 4 is 29.0 Å². The number of anilines is 2. The average Bonchev–Trinajstić information content (AvgIpc) is 3.27. The van der Waals surface area contributed by atoms with E-state index in [1.165, 1.54) is 0 Å². The van der Waals surface area contributed by atoms with E-state index >= 15 is 0 Å². The van der Waals surface area contributed by atoms with Crippen molar-refractivity contribution in [1.82, 2.24) is 19.9 Å². The van der Waals surface area contributed by atoms with Crippen molar-refractivity contribution in [2.75, 3.05) is 23.3 Å². The predicted molar refractivity (Wildman–Crippen MR) is 111 cm³/mol. The lowest BCUT2D eigenvalue weighted by atomic mass is 10.1. The minimum atomic E-state index is -0.0921. The highest BCUT2D eigenvalue weighted by atomic mass is 16.2. The zero-order valence-corrected chi connectivity index (χ0v) is 16.8. The summed E-state index contributed by atoms with van der Waals surface area (Å²) in [5.74, 6) is -0.0628. The molecule has 3 amide bonds. The average molecular weight is 392 g/mol. The van der Waals surface area contributed by atoms with Crippen LogP contribution in [0.4, 0.5) is 16.2 Å². The smallest absolute Gasteiger partial charge is 0.321 e. The van der Waals surface area contributed by atoms with Crippen molar-refractivity contribution < 1.29 is 9.59 Å². The summed E-state index contributed by atoms with van der Waals surface area (Å²) in [5.41, 5.74) is 6.27. The quantitative estimate of drug-likeness (QED) is 0.698. The Balaban J connectivity index is 1.40. The van der Waals surface area contributed by atoms with Crippen LogP contribution in [0.3, 0.4) is 0 Å². The van der Waals surface area contributed by atoms with E-state index in [0.717, 1.165) is 34.0 Å². The first-order chi connectivity index (χ1) is 13.9. The number of nitrogens with one attached hydrogen (secondary N) is 2. The van der Waals surface area contributed by atoms with Gasteiger partial charge in [-0.2, -0.15) is 5.10 Å². The van der Waals surface area contributed by atoms with Gasteiger partial charge in [0, 0.05) is 48.3 Å². The van der Waals surface area contributed by atoms with E-state index < -0.39 is 0 Å². The molecule has 1 fully saturated rings. The molecule has 0 saturated carbocycles. The van der Waals surface area contributed by atoms with E-state index in [9.17, 15) is 9.59 Å². The number of aromatic nitrogens is 3. The van der Waals surface area contributed by atoms with Gasteiger partial charge in [-0.3, -0.25) is 9.69 Å². The molecule has 0 aliphatic carbocycles. The van der Waals surface area contributed by atoms with Crippen LogP contribution >= 0.6 is 0 Å². The number of rotatable bonds is 5. The lowest BCUT2D eigenvalue weighted by Crippen LogP contribution is -2.27. The Morgan fingerprint density at radius 1 is 1.21 bits per heavy atom. The molecule has 0 radical (unpaired) electrons. The van der Waals surface area contributed by atoms with Gasteiger partial charge in [0.1, 0.15) is 0 Å². The summed E-state index contributed by atoms with van der Waals surface area (Å²) in [7, 11) is 0. The molecule has 1 aliphatic rings. The molecular weight excluding hydrogens is 368 g/mol. The van der Waals surface area contributed by atoms with Crippen molar-refractivity contribution in [3.05, 3.63) is 53.0 Å². The van der Waals surface area contributed by atoms with Crippen molar-refractivity contribution in [2.24, 2.45) is 0 Å². The molecule has 0 spiro atoms. The molecular formula is C21H24N6O2. The summed E-state index contributed by atoms with van der Waals surface area (Å²) in [5, 5.41) is 10.2. The molecule has 8 heteroatoms. The number of benzene rings is 1. The highest BCUT2D eigenvalue weighted by Gasteiger charge is 2.20. The summed E-state index contributed by atoms with van der Waals surface area (Å²) >= 11 is 0. The molecule has 3 heterocycles. The third-order valence-electron chi connectivity index (χ3n) is 5.21. The Morgan fingerprint density at radius 2 is 1.97 bits per heavy atom. The molecule has 2 aromatic heterocycles. The van der Waals surface area contributed by atoms with Crippen LogP contribution in [0.5, 0.6) is 0 Å². The zero-order chi connectivity index (χ0) is 20.5. The van der Waals surface area contributed by atoms with Gasteiger partial charge in [-0.1, -0.05) is 0 Å². The van der Waals surface area contributed by atoms with E-state index in [4.69, 9.17) is 0 Å². The monoisotopic (exact) mass is 392 g/mol. The topological polar surface area (TPSA) is 91.6 Å². The Kier molecular flexibility index (Phi) is 4.92. The molecule has 150 valence electrons. The first-order valence-corrected chi connectivity index (χ1v) is 9.70. The fourth-order valence-corrected chi connectivity index (χ4v) is 3.71. The summed E-state index contributed by atoms with van der Waals surface area (Å²) in [6.07, 6.45) is 0.947. The van der Waals surface area contributed by atoms with Crippen LogP contribution < -0.4 is 15.5 Å². The van der Waals surface area contributed by atoms with Crippen LogP contribution in [-0.4, -0.2) is 39.6 Å². The van der Waals surface area contributed by atoms with Gasteiger partial charge in [-0.05, 0) is 57.0 Å². The van der Waals surface area contributed by atoms with Crippen LogP contribution in [0.15, 0.2) is 30.3 Å². The van der Waals surface area contributed by atoms with Gasteiger partial charge in [0.25, 0.3) is 0 Å². The Hall–Kier alpha value is -3.42. The molecule has 2 N–H and O–H groups in total. The Labute approximate surface area is 168 Å². The van der Waals surface area contributed by atoms with Crippen molar-refractivity contribution in [2.45, 2.75) is 33.6 Å². The molecule has 29 heavy (non-hydrogen) atoms. The fourth-order valence-electron chi connectivity index (χ4n) is 3.71.